The predicted molar refractivity (Wildman–Crippen MR) is 293 cm³/mol. The monoisotopic (exact) mass is 1120 g/mol. The van der Waals surface area contributed by atoms with Crippen LogP contribution < -0.4 is 0 Å². The third-order valence-corrected chi connectivity index (χ3v) is 13.8. The molecule has 0 fully saturated rings. The molecule has 7 heteroatoms. The SMILES string of the molecule is CC(C)c1cc(-c2cc3ccccc3o2)cc(C(C)C)c1-n1c(-c2[c-]ccc3c2oc2cc4c(cc23)oc2ccccc24)nc2ccc3ccccc3c21.[2H]C([2H])([2H])c1c[c-]c(-c2ccc(C(C)(C)C)cn2)cc1.[Ir]. The Kier molecular flexibility index (Phi) is 11.0. The third kappa shape index (κ3) is 8.11. The molecule has 0 aliphatic heterocycles. The number of fused-ring (bicyclic) bond motifs is 10. The van der Waals surface area contributed by atoms with E-state index in [2.05, 4.69) is 161 Å². The van der Waals surface area contributed by atoms with E-state index in [1.54, 1.807) is 12.1 Å². The van der Waals surface area contributed by atoms with E-state index in [0.29, 0.717) is 5.56 Å². The third-order valence-electron chi connectivity index (χ3n) is 13.8. The Labute approximate surface area is 436 Å². The fourth-order valence-electron chi connectivity index (χ4n) is 10.0. The van der Waals surface area contributed by atoms with Crippen LogP contribution in [0.1, 0.15) is 86.7 Å². The molecule has 0 saturated heterocycles. The molecule has 5 aromatic heterocycles. The number of benzene rings is 8. The minimum atomic E-state index is -2.08. The normalized spacial score (nSPS) is 12.8. The van der Waals surface area contributed by atoms with Crippen LogP contribution in [-0.4, -0.2) is 14.5 Å². The number of hydrogen-bond donors (Lipinski definition) is 0. The molecular weight excluding hydrogens is 1060 g/mol. The van der Waals surface area contributed by atoms with Crippen molar-refractivity contribution in [2.75, 3.05) is 0 Å². The van der Waals surface area contributed by atoms with Gasteiger partial charge in [-0.2, -0.15) is 0 Å². The first-order valence-electron chi connectivity index (χ1n) is 25.8. The number of rotatable bonds is 6. The summed E-state index contributed by atoms with van der Waals surface area (Å²) in [7, 11) is 0. The average Bonchev–Trinajstić information content (AvgIpc) is 4.26. The first-order valence-corrected chi connectivity index (χ1v) is 24.3. The van der Waals surface area contributed by atoms with Gasteiger partial charge in [0.2, 0.25) is 0 Å². The van der Waals surface area contributed by atoms with Crippen LogP contribution in [0.25, 0.3) is 116 Å². The summed E-state index contributed by atoms with van der Waals surface area (Å²) < 4.78 is 44.0. The smallest absolute Gasteiger partial charge is 0.136 e. The van der Waals surface area contributed by atoms with Crippen molar-refractivity contribution in [1.29, 1.82) is 0 Å². The second-order valence-corrected chi connectivity index (χ2v) is 20.2. The van der Waals surface area contributed by atoms with Gasteiger partial charge in [-0.3, -0.25) is 4.98 Å². The summed E-state index contributed by atoms with van der Waals surface area (Å²) in [4.78, 5) is 9.90. The van der Waals surface area contributed by atoms with Crippen LogP contribution in [0.3, 0.4) is 0 Å². The number of aromatic nitrogens is 3. The van der Waals surface area contributed by atoms with Crippen molar-refractivity contribution in [1.82, 2.24) is 14.5 Å². The van der Waals surface area contributed by atoms with Crippen molar-refractivity contribution >= 4 is 76.7 Å². The minimum absolute atomic E-state index is 0. The Hall–Kier alpha value is -7.57. The Morgan fingerprint density at radius 3 is 1.99 bits per heavy atom. The molecule has 0 N–H and O–H groups in total. The van der Waals surface area contributed by atoms with Crippen LogP contribution in [0.15, 0.2) is 177 Å². The van der Waals surface area contributed by atoms with E-state index in [1.807, 2.05) is 54.7 Å². The number of imidazole rings is 1. The summed E-state index contributed by atoms with van der Waals surface area (Å²) in [5, 5.41) is 7.51. The minimum Gasteiger partial charge on any atom is -0.501 e. The van der Waals surface area contributed by atoms with Crippen molar-refractivity contribution in [2.45, 2.75) is 72.6 Å². The molecule has 0 aliphatic carbocycles. The predicted octanol–water partition coefficient (Wildman–Crippen LogP) is 18.3. The zero-order valence-corrected chi connectivity index (χ0v) is 43.5. The van der Waals surface area contributed by atoms with Gasteiger partial charge >= 0.3 is 0 Å². The van der Waals surface area contributed by atoms with Crippen molar-refractivity contribution in [3.8, 4) is 39.7 Å². The van der Waals surface area contributed by atoms with Gasteiger partial charge in [0.1, 0.15) is 28.1 Å². The van der Waals surface area contributed by atoms with Crippen molar-refractivity contribution < 1.29 is 37.5 Å². The average molecular weight is 1120 g/mol. The number of para-hydroxylation sites is 2. The van der Waals surface area contributed by atoms with Crippen molar-refractivity contribution in [3.63, 3.8) is 0 Å². The molecule has 357 valence electrons. The molecule has 13 aromatic rings. The van der Waals surface area contributed by atoms with Gasteiger partial charge in [-0.25, -0.2) is 0 Å². The molecule has 5 heterocycles. The van der Waals surface area contributed by atoms with E-state index >= 15 is 0 Å². The second kappa shape index (κ2) is 18.2. The summed E-state index contributed by atoms with van der Waals surface area (Å²) in [6, 6.07) is 59.8. The molecule has 0 bridgehead atoms. The van der Waals surface area contributed by atoms with E-state index in [4.69, 9.17) is 22.3 Å². The number of hydrogen-bond acceptors (Lipinski definition) is 5. The van der Waals surface area contributed by atoms with Gasteiger partial charge in [0.25, 0.3) is 0 Å². The molecule has 0 unspecified atom stereocenters. The first kappa shape index (κ1) is 43.2. The molecule has 0 aliphatic rings. The van der Waals surface area contributed by atoms with Crippen LogP contribution in [-0.2, 0) is 25.5 Å². The fourth-order valence-corrected chi connectivity index (χ4v) is 10.0. The molecular formula is C65H53IrN3O3-2. The van der Waals surface area contributed by atoms with E-state index in [9.17, 15) is 0 Å². The van der Waals surface area contributed by atoms with Gasteiger partial charge in [-0.05, 0) is 93.6 Å². The molecule has 0 atom stereocenters. The van der Waals surface area contributed by atoms with E-state index in [1.165, 1.54) is 22.8 Å². The van der Waals surface area contributed by atoms with Gasteiger partial charge < -0.3 is 22.8 Å². The maximum Gasteiger partial charge on any atom is 0.136 e. The topological polar surface area (TPSA) is 70.1 Å². The van der Waals surface area contributed by atoms with Crippen LogP contribution in [0.5, 0.6) is 0 Å². The number of nitrogens with zero attached hydrogens (tertiary/aromatic N) is 3. The van der Waals surface area contributed by atoms with Gasteiger partial charge in [0.05, 0.1) is 22.4 Å². The van der Waals surface area contributed by atoms with Gasteiger partial charge in [0, 0.05) is 68.6 Å². The van der Waals surface area contributed by atoms with Gasteiger partial charge in [-0.15, -0.1) is 53.6 Å². The van der Waals surface area contributed by atoms with Crippen molar-refractivity contribution in [3.05, 3.63) is 198 Å². The molecule has 72 heavy (non-hydrogen) atoms. The Morgan fingerprint density at radius 2 is 1.31 bits per heavy atom. The molecule has 8 aromatic carbocycles. The molecule has 1 radical (unpaired) electrons. The quantitative estimate of drug-likeness (QED) is 0.155. The summed E-state index contributed by atoms with van der Waals surface area (Å²) in [6.07, 6.45) is 1.86. The molecule has 0 amide bonds. The second-order valence-electron chi connectivity index (χ2n) is 20.2. The Bertz CT molecular complexity index is 4170. The first-order chi connectivity index (χ1) is 35.6. The fraction of sp³-hybridized carbons (Fsp3) is 0.169. The largest absolute Gasteiger partial charge is 0.501 e. The standard InChI is InChI=1S/C49H35N2O3.C16H18N.Ir/c1-27(2)36-22-31(43-24-30-13-6-9-18-41(30)52-43)23-37(28(3)4)46(36)51-47-32-14-7-5-12-29(32)20-21-40(47)50-49(51)35-17-11-16-34-39-26-44-38(25-45(39)54-48(34)35)33-15-8-10-19-42(33)53-44;1-12-5-7-13(8-6-12)15-10-9-14(11-17-15)16(2,3)4;/h5-16,18-28H,1-4H3;5-7,9-11H,1-4H3;/q2*-1;/i;1D3;. The maximum atomic E-state index is 7.34. The summed E-state index contributed by atoms with van der Waals surface area (Å²) in [6.45, 7) is 13.4. The van der Waals surface area contributed by atoms with Crippen LogP contribution in [0, 0.1) is 19.0 Å². The summed E-state index contributed by atoms with van der Waals surface area (Å²) in [5.41, 5.74) is 14.7. The molecule has 0 spiro atoms. The van der Waals surface area contributed by atoms with E-state index in [-0.39, 0.29) is 37.4 Å². The maximum absolute atomic E-state index is 7.34. The Balaban J connectivity index is 0.000000243. The number of aryl methyl sites for hydroxylation is 1. The van der Waals surface area contributed by atoms with Gasteiger partial charge in [-0.1, -0.05) is 145 Å². The van der Waals surface area contributed by atoms with Crippen LogP contribution >= 0.6 is 0 Å². The summed E-state index contributed by atoms with van der Waals surface area (Å²) >= 11 is 0. The molecule has 0 saturated carbocycles. The number of pyridine rings is 1. The van der Waals surface area contributed by atoms with E-state index in [0.717, 1.165) is 116 Å². The van der Waals surface area contributed by atoms with Crippen molar-refractivity contribution in [2.24, 2.45) is 0 Å². The molecule has 6 nitrogen and oxygen atoms in total. The van der Waals surface area contributed by atoms with Crippen LogP contribution in [0.2, 0.25) is 0 Å². The number of furan rings is 3. The zero-order valence-electron chi connectivity index (χ0n) is 44.1. The Morgan fingerprint density at radius 1 is 0.611 bits per heavy atom. The summed E-state index contributed by atoms with van der Waals surface area (Å²) in [5.74, 6) is 2.05. The molecule has 13 rings (SSSR count). The van der Waals surface area contributed by atoms with Crippen LogP contribution in [0.4, 0.5) is 0 Å². The van der Waals surface area contributed by atoms with E-state index < -0.39 is 6.85 Å². The van der Waals surface area contributed by atoms with Gasteiger partial charge in [0.15, 0.2) is 0 Å². The zero-order chi connectivity index (χ0) is 51.2.